The Kier molecular flexibility index (Phi) is 14.9. The Balaban J connectivity index is 2.94. The smallest absolute Gasteiger partial charge is 0.201 e. The minimum atomic E-state index is -2.39. The highest BCUT2D eigenvalue weighted by atomic mass is 32.2. The van der Waals surface area contributed by atoms with Crippen LogP contribution in [0.4, 0.5) is 0 Å². The maximum absolute atomic E-state index is 10.2. The topological polar surface area (TPSA) is 46.2 Å². The van der Waals surface area contributed by atoms with Gasteiger partial charge in [-0.2, -0.15) is 0 Å². The maximum Gasteiger partial charge on any atom is 0.201 e. The number of unbranched alkanes of at least 4 members (excludes halogenated alkanes) is 11. The number of hydrogen-bond donors (Lipinski definition) is 2. The quantitative estimate of drug-likeness (QED) is 0.375. The van der Waals surface area contributed by atoms with E-state index >= 15 is 0 Å². The van der Waals surface area contributed by atoms with Crippen LogP contribution in [-0.2, 0) is 10.9 Å². The molecule has 1 N–H and O–H groups in total. The van der Waals surface area contributed by atoms with Crippen molar-refractivity contribution in [2.45, 2.75) is 84.0 Å². The van der Waals surface area contributed by atoms with Crippen LogP contribution in [0.2, 0.25) is 0 Å². The first-order valence-corrected chi connectivity index (χ1v) is 8.83. The van der Waals surface area contributed by atoms with E-state index in [4.69, 9.17) is 0 Å². The summed E-state index contributed by atoms with van der Waals surface area (Å²) in [6.45, 7) is 2.86. The summed E-state index contributed by atoms with van der Waals surface area (Å²) in [4.78, 5) is 0. The van der Waals surface area contributed by atoms with Gasteiger partial charge in [-0.15, -0.1) is 0 Å². The van der Waals surface area contributed by atoms with Gasteiger partial charge in [-0.1, -0.05) is 77.6 Å². The summed E-state index contributed by atoms with van der Waals surface area (Å²) in [5.41, 5.74) is 0. The molecule has 0 rings (SSSR count). The molecule has 0 aliphatic heterocycles. The van der Waals surface area contributed by atoms with E-state index in [1.807, 2.05) is 0 Å². The average molecular weight is 277 g/mol. The first-order valence-electron chi connectivity index (χ1n) is 7.65. The van der Waals surface area contributed by atoms with E-state index in [0.717, 1.165) is 12.8 Å². The summed E-state index contributed by atoms with van der Waals surface area (Å²) in [6, 6.07) is 0. The van der Waals surface area contributed by atoms with Crippen LogP contribution in [0.25, 0.3) is 0 Å². The normalized spacial score (nSPS) is 11.2. The lowest BCUT2D eigenvalue weighted by Gasteiger charge is -2.02. The largest absolute Gasteiger partial charge is 0.218 e. The molecule has 4 heteroatoms. The molecule has 0 aromatic heterocycles. The van der Waals surface area contributed by atoms with E-state index < -0.39 is 10.9 Å². The number of rotatable bonds is 14. The van der Waals surface area contributed by atoms with E-state index in [2.05, 4.69) is 11.6 Å². The van der Waals surface area contributed by atoms with E-state index in [1.54, 1.807) is 0 Å². The van der Waals surface area contributed by atoms with Crippen molar-refractivity contribution in [1.29, 1.82) is 0 Å². The van der Waals surface area contributed by atoms with Gasteiger partial charge < -0.3 is 0 Å². The molecule has 0 saturated heterocycles. The van der Waals surface area contributed by atoms with Crippen LogP contribution < -0.4 is 4.72 Å². The second-order valence-corrected chi connectivity index (χ2v) is 5.88. The zero-order valence-electron chi connectivity index (χ0n) is 12.0. The van der Waals surface area contributed by atoms with Gasteiger partial charge in [-0.25, -0.2) is 13.1 Å². The Hall–Kier alpha value is -0.0900. The highest BCUT2D eigenvalue weighted by Crippen LogP contribution is 2.11. The molecule has 110 valence electrons. The molecule has 0 bridgehead atoms. The van der Waals surface area contributed by atoms with Crippen LogP contribution >= 0.6 is 0 Å². The molecule has 0 heterocycles. The lowest BCUT2D eigenvalue weighted by molar-refractivity contribution is 0.542. The molecule has 0 atom stereocenters. The maximum atomic E-state index is 10.2. The standard InChI is InChI=1S/C14H31NO2S/c1-2-3-4-5-6-7-8-9-10-11-12-13-14-15-18(16)17/h18H,2-14H2,1H3,(H,15,16,17). The summed E-state index contributed by atoms with van der Waals surface area (Å²) < 4.78 is 22.9. The zero-order chi connectivity index (χ0) is 13.5. The van der Waals surface area contributed by atoms with Crippen molar-refractivity contribution in [3.63, 3.8) is 0 Å². The second kappa shape index (κ2) is 15.0. The van der Waals surface area contributed by atoms with E-state index in [9.17, 15) is 8.42 Å². The lowest BCUT2D eigenvalue weighted by atomic mass is 10.1. The Bertz CT molecular complexity index is 222. The molecular weight excluding hydrogens is 246 g/mol. The van der Waals surface area contributed by atoms with Crippen molar-refractivity contribution in [2.75, 3.05) is 6.54 Å². The van der Waals surface area contributed by atoms with Crippen molar-refractivity contribution < 1.29 is 8.42 Å². The van der Waals surface area contributed by atoms with Crippen molar-refractivity contribution in [2.24, 2.45) is 0 Å². The van der Waals surface area contributed by atoms with Gasteiger partial charge >= 0.3 is 0 Å². The Morgan fingerprint density at radius 2 is 1.06 bits per heavy atom. The molecule has 0 spiro atoms. The molecule has 3 nitrogen and oxygen atoms in total. The molecule has 0 saturated carbocycles. The highest BCUT2D eigenvalue weighted by molar-refractivity contribution is 7.70. The van der Waals surface area contributed by atoms with Crippen LogP contribution in [0.5, 0.6) is 0 Å². The first-order chi connectivity index (χ1) is 8.77. The van der Waals surface area contributed by atoms with Crippen LogP contribution in [-0.4, -0.2) is 15.0 Å². The second-order valence-electron chi connectivity index (χ2n) is 5.05. The minimum Gasteiger partial charge on any atom is -0.218 e. The molecule has 0 aromatic carbocycles. The number of nitrogens with one attached hydrogen (secondary N) is 1. The van der Waals surface area contributed by atoms with E-state index in [0.29, 0.717) is 6.54 Å². The van der Waals surface area contributed by atoms with Crippen LogP contribution in [0.3, 0.4) is 0 Å². The van der Waals surface area contributed by atoms with E-state index in [1.165, 1.54) is 64.2 Å². The highest BCUT2D eigenvalue weighted by Gasteiger charge is 1.93. The Labute approximate surface area is 115 Å². The molecule has 0 radical (unpaired) electrons. The third kappa shape index (κ3) is 15.9. The van der Waals surface area contributed by atoms with Gasteiger partial charge in [0, 0.05) is 6.54 Å². The molecule has 0 fully saturated rings. The van der Waals surface area contributed by atoms with Crippen LogP contribution in [0.15, 0.2) is 0 Å². The lowest BCUT2D eigenvalue weighted by Crippen LogP contribution is -2.12. The van der Waals surface area contributed by atoms with Crippen molar-refractivity contribution in [3.05, 3.63) is 0 Å². The van der Waals surface area contributed by atoms with E-state index in [-0.39, 0.29) is 0 Å². The predicted molar refractivity (Wildman–Crippen MR) is 79.4 cm³/mol. The zero-order valence-corrected chi connectivity index (χ0v) is 12.9. The van der Waals surface area contributed by atoms with Crippen molar-refractivity contribution in [3.8, 4) is 0 Å². The van der Waals surface area contributed by atoms with Gasteiger partial charge in [0.2, 0.25) is 10.9 Å². The van der Waals surface area contributed by atoms with Gasteiger partial charge in [-0.3, -0.25) is 0 Å². The summed E-state index contributed by atoms with van der Waals surface area (Å²) >= 11 is 0. The molecule has 0 aliphatic carbocycles. The average Bonchev–Trinajstić information content (AvgIpc) is 2.34. The molecule has 0 unspecified atom stereocenters. The fraction of sp³-hybridized carbons (Fsp3) is 1.00. The van der Waals surface area contributed by atoms with Gasteiger partial charge in [0.05, 0.1) is 0 Å². The molecule has 18 heavy (non-hydrogen) atoms. The summed E-state index contributed by atoms with van der Waals surface area (Å²) in [6.07, 6.45) is 15.7. The molecule has 0 amide bonds. The molecule has 0 aliphatic rings. The minimum absolute atomic E-state index is 0.607. The SMILES string of the molecule is CCCCCCCCCCCCCCN[SH](=O)=O. The third-order valence-corrected chi connectivity index (χ3v) is 3.75. The summed E-state index contributed by atoms with van der Waals surface area (Å²) in [5, 5.41) is 0. The van der Waals surface area contributed by atoms with Gasteiger partial charge in [-0.05, 0) is 6.42 Å². The Morgan fingerprint density at radius 3 is 1.44 bits per heavy atom. The van der Waals surface area contributed by atoms with Gasteiger partial charge in [0.1, 0.15) is 0 Å². The fourth-order valence-electron chi connectivity index (χ4n) is 2.14. The van der Waals surface area contributed by atoms with Crippen LogP contribution in [0, 0.1) is 0 Å². The van der Waals surface area contributed by atoms with Crippen LogP contribution in [0.1, 0.15) is 84.0 Å². The summed E-state index contributed by atoms with van der Waals surface area (Å²) in [5.74, 6) is 0. The molecule has 0 aromatic rings. The van der Waals surface area contributed by atoms with Crippen molar-refractivity contribution >= 4 is 10.9 Å². The van der Waals surface area contributed by atoms with Gasteiger partial charge in [0.15, 0.2) is 0 Å². The predicted octanol–water partition coefficient (Wildman–Crippen LogP) is 3.80. The number of hydrogen-bond acceptors (Lipinski definition) is 2. The number of thiol groups is 1. The monoisotopic (exact) mass is 277 g/mol. The third-order valence-electron chi connectivity index (χ3n) is 3.27. The molecular formula is C14H31NO2S. The summed E-state index contributed by atoms with van der Waals surface area (Å²) in [7, 11) is -2.39. The first kappa shape index (κ1) is 17.9. The van der Waals surface area contributed by atoms with Crippen molar-refractivity contribution in [1.82, 2.24) is 4.72 Å². The Morgan fingerprint density at radius 1 is 0.667 bits per heavy atom. The van der Waals surface area contributed by atoms with Gasteiger partial charge in [0.25, 0.3) is 0 Å². The fourth-order valence-corrected chi connectivity index (χ4v) is 2.48.